The molecule has 0 unspecified atom stereocenters. The van der Waals surface area contributed by atoms with Crippen LogP contribution < -0.4 is 0 Å². The van der Waals surface area contributed by atoms with Gasteiger partial charge in [-0.2, -0.15) is 5.10 Å². The first-order valence-electron chi connectivity index (χ1n) is 5.56. The van der Waals surface area contributed by atoms with Gasteiger partial charge in [-0.25, -0.2) is 0 Å². The van der Waals surface area contributed by atoms with Crippen LogP contribution in [0.15, 0.2) is 36.7 Å². The third kappa shape index (κ3) is 2.31. The molecule has 16 heavy (non-hydrogen) atoms. The molecule has 1 aromatic heterocycles. The van der Waals surface area contributed by atoms with Crippen molar-refractivity contribution in [1.82, 2.24) is 9.78 Å². The van der Waals surface area contributed by atoms with Crippen molar-refractivity contribution in [1.29, 1.82) is 0 Å². The molecule has 0 saturated heterocycles. The molecule has 0 fully saturated rings. The Morgan fingerprint density at radius 2 is 1.94 bits per heavy atom. The molecular weight excluding hydrogens is 200 g/mol. The zero-order valence-corrected chi connectivity index (χ0v) is 9.43. The van der Waals surface area contributed by atoms with E-state index in [4.69, 9.17) is 5.11 Å². The van der Waals surface area contributed by atoms with Gasteiger partial charge in [0.15, 0.2) is 0 Å². The van der Waals surface area contributed by atoms with Crippen molar-refractivity contribution in [2.45, 2.75) is 19.9 Å². The second-order valence-electron chi connectivity index (χ2n) is 3.77. The summed E-state index contributed by atoms with van der Waals surface area (Å²) in [6.45, 7) is 2.82. The maximum absolute atomic E-state index is 8.81. The lowest BCUT2D eigenvalue weighted by Gasteiger charge is -1.99. The quantitative estimate of drug-likeness (QED) is 0.850. The third-order valence-corrected chi connectivity index (χ3v) is 2.66. The molecule has 2 rings (SSSR count). The summed E-state index contributed by atoms with van der Waals surface area (Å²) in [6.07, 6.45) is 4.85. The summed E-state index contributed by atoms with van der Waals surface area (Å²) >= 11 is 0. The molecule has 0 bridgehead atoms. The van der Waals surface area contributed by atoms with Crippen molar-refractivity contribution in [3.05, 3.63) is 42.2 Å². The molecule has 1 N–H and O–H groups in total. The molecule has 84 valence electrons. The molecule has 2 aromatic rings. The fourth-order valence-electron chi connectivity index (χ4n) is 1.67. The van der Waals surface area contributed by atoms with E-state index >= 15 is 0 Å². The number of aliphatic hydroxyl groups excluding tert-OH is 1. The number of aromatic nitrogens is 2. The van der Waals surface area contributed by atoms with Gasteiger partial charge in [0.2, 0.25) is 0 Å². The van der Waals surface area contributed by atoms with E-state index in [0.717, 1.165) is 12.0 Å². The minimum atomic E-state index is 0.121. The van der Waals surface area contributed by atoms with Gasteiger partial charge in [0.25, 0.3) is 0 Å². The Morgan fingerprint density at radius 3 is 2.56 bits per heavy atom. The molecule has 3 nitrogen and oxygen atoms in total. The zero-order valence-electron chi connectivity index (χ0n) is 9.43. The van der Waals surface area contributed by atoms with Gasteiger partial charge in [-0.1, -0.05) is 31.2 Å². The Hall–Kier alpha value is -1.61. The van der Waals surface area contributed by atoms with E-state index < -0.39 is 0 Å². The minimum absolute atomic E-state index is 0.121. The summed E-state index contributed by atoms with van der Waals surface area (Å²) in [5, 5.41) is 13.0. The average Bonchev–Trinajstić information content (AvgIpc) is 2.78. The van der Waals surface area contributed by atoms with Crippen molar-refractivity contribution in [3.63, 3.8) is 0 Å². The lowest BCUT2D eigenvalue weighted by atomic mass is 10.1. The number of nitrogens with zero attached hydrogens (tertiary/aromatic N) is 2. The van der Waals surface area contributed by atoms with E-state index in [1.165, 1.54) is 11.1 Å². The van der Waals surface area contributed by atoms with Gasteiger partial charge < -0.3 is 5.11 Å². The number of hydrogen-bond donors (Lipinski definition) is 1. The SMILES string of the molecule is CCc1ccc(-c2cnn(CCO)c2)cc1. The number of benzene rings is 1. The third-order valence-electron chi connectivity index (χ3n) is 2.66. The van der Waals surface area contributed by atoms with Crippen LogP contribution in [0.1, 0.15) is 12.5 Å². The maximum atomic E-state index is 8.81. The first-order chi connectivity index (χ1) is 7.83. The first-order valence-corrected chi connectivity index (χ1v) is 5.56. The molecule has 0 radical (unpaired) electrons. The normalized spacial score (nSPS) is 10.6. The molecule has 1 aromatic carbocycles. The topological polar surface area (TPSA) is 38.0 Å². The Balaban J connectivity index is 2.21. The minimum Gasteiger partial charge on any atom is -0.394 e. The predicted molar refractivity (Wildman–Crippen MR) is 64.1 cm³/mol. The molecule has 0 atom stereocenters. The maximum Gasteiger partial charge on any atom is 0.0641 e. The van der Waals surface area contributed by atoms with Crippen LogP contribution in [0.4, 0.5) is 0 Å². The molecular formula is C13H16N2O. The van der Waals surface area contributed by atoms with Gasteiger partial charge >= 0.3 is 0 Å². The summed E-state index contributed by atoms with van der Waals surface area (Å²) < 4.78 is 1.75. The standard InChI is InChI=1S/C13H16N2O/c1-2-11-3-5-12(6-4-11)13-9-14-15(10-13)7-8-16/h3-6,9-10,16H,2,7-8H2,1H3. The Labute approximate surface area is 95.3 Å². The summed E-state index contributed by atoms with van der Waals surface area (Å²) in [7, 11) is 0. The van der Waals surface area contributed by atoms with Crippen LogP contribution >= 0.6 is 0 Å². The predicted octanol–water partition coefficient (Wildman–Crippen LogP) is 2.10. The highest BCUT2D eigenvalue weighted by Gasteiger charge is 2.01. The number of hydrogen-bond acceptors (Lipinski definition) is 2. The summed E-state index contributed by atoms with van der Waals surface area (Å²) in [4.78, 5) is 0. The van der Waals surface area contributed by atoms with Crippen molar-refractivity contribution < 1.29 is 5.11 Å². The van der Waals surface area contributed by atoms with Crippen LogP contribution in [0, 0.1) is 0 Å². The second kappa shape index (κ2) is 4.94. The molecule has 1 heterocycles. The summed E-state index contributed by atoms with van der Waals surface area (Å²) in [5.41, 5.74) is 3.60. The summed E-state index contributed by atoms with van der Waals surface area (Å²) in [5.74, 6) is 0. The van der Waals surface area contributed by atoms with E-state index in [0.29, 0.717) is 6.54 Å². The van der Waals surface area contributed by atoms with Gasteiger partial charge in [0.05, 0.1) is 19.3 Å². The van der Waals surface area contributed by atoms with Crippen molar-refractivity contribution >= 4 is 0 Å². The largest absolute Gasteiger partial charge is 0.394 e. The van der Waals surface area contributed by atoms with E-state index in [1.54, 1.807) is 4.68 Å². The van der Waals surface area contributed by atoms with Crippen LogP contribution in [0.3, 0.4) is 0 Å². The highest BCUT2D eigenvalue weighted by molar-refractivity contribution is 5.61. The van der Waals surface area contributed by atoms with E-state index in [2.05, 4.69) is 36.3 Å². The van der Waals surface area contributed by atoms with Crippen LogP contribution in [-0.4, -0.2) is 21.5 Å². The highest BCUT2D eigenvalue weighted by atomic mass is 16.3. The molecule has 0 aliphatic carbocycles. The van der Waals surface area contributed by atoms with E-state index in [-0.39, 0.29) is 6.61 Å². The van der Waals surface area contributed by atoms with Crippen molar-refractivity contribution in [2.24, 2.45) is 0 Å². The van der Waals surface area contributed by atoms with Crippen LogP contribution in [-0.2, 0) is 13.0 Å². The van der Waals surface area contributed by atoms with Crippen LogP contribution in [0.2, 0.25) is 0 Å². The number of rotatable bonds is 4. The van der Waals surface area contributed by atoms with E-state index in [1.807, 2.05) is 12.4 Å². The van der Waals surface area contributed by atoms with E-state index in [9.17, 15) is 0 Å². The number of aryl methyl sites for hydroxylation is 1. The van der Waals surface area contributed by atoms with Gasteiger partial charge in [0.1, 0.15) is 0 Å². The van der Waals surface area contributed by atoms with Gasteiger partial charge in [0, 0.05) is 11.8 Å². The van der Waals surface area contributed by atoms with Gasteiger partial charge in [-0.05, 0) is 17.5 Å². The molecule has 0 saturated carbocycles. The van der Waals surface area contributed by atoms with Crippen molar-refractivity contribution in [3.8, 4) is 11.1 Å². The monoisotopic (exact) mass is 216 g/mol. The highest BCUT2D eigenvalue weighted by Crippen LogP contribution is 2.19. The fraction of sp³-hybridized carbons (Fsp3) is 0.308. The van der Waals surface area contributed by atoms with Gasteiger partial charge in [-0.3, -0.25) is 4.68 Å². The second-order valence-corrected chi connectivity index (χ2v) is 3.77. The molecule has 3 heteroatoms. The zero-order chi connectivity index (χ0) is 11.4. The molecule has 0 aliphatic heterocycles. The first kappa shape index (κ1) is 10.9. The van der Waals surface area contributed by atoms with Crippen molar-refractivity contribution in [2.75, 3.05) is 6.61 Å². The molecule has 0 spiro atoms. The Bertz CT molecular complexity index is 445. The Morgan fingerprint density at radius 1 is 1.19 bits per heavy atom. The molecule has 0 amide bonds. The smallest absolute Gasteiger partial charge is 0.0641 e. The lowest BCUT2D eigenvalue weighted by Crippen LogP contribution is -2.01. The van der Waals surface area contributed by atoms with Crippen LogP contribution in [0.25, 0.3) is 11.1 Å². The fourth-order valence-corrected chi connectivity index (χ4v) is 1.67. The van der Waals surface area contributed by atoms with Gasteiger partial charge in [-0.15, -0.1) is 0 Å². The van der Waals surface area contributed by atoms with Crippen LogP contribution in [0.5, 0.6) is 0 Å². The Kier molecular flexibility index (Phi) is 3.37. The average molecular weight is 216 g/mol. The molecule has 0 aliphatic rings. The summed E-state index contributed by atoms with van der Waals surface area (Å²) in [6, 6.07) is 8.50. The number of aliphatic hydroxyl groups is 1. The lowest BCUT2D eigenvalue weighted by molar-refractivity contribution is 0.269.